The fraction of sp³-hybridized carbons (Fsp3) is 0.133. The Balaban J connectivity index is 2.40. The second-order valence-corrected chi connectivity index (χ2v) is 4.63. The monoisotopic (exact) mass is 254 g/mol. The average molecular weight is 254 g/mol. The van der Waals surface area contributed by atoms with Gasteiger partial charge in [0.2, 0.25) is 0 Å². The molecule has 0 aliphatic carbocycles. The van der Waals surface area contributed by atoms with Gasteiger partial charge in [-0.15, -0.1) is 0 Å². The largest absolute Gasteiger partial charge is 0.710 e. The quantitative estimate of drug-likeness (QED) is 0.412. The van der Waals surface area contributed by atoms with Crippen molar-refractivity contribution in [3.05, 3.63) is 59.1 Å². The van der Waals surface area contributed by atoms with E-state index in [-0.39, 0.29) is 5.82 Å². The molecular weight excluding hydrogens is 240 g/mol. The number of nitrogens with zero attached hydrogens (tertiary/aromatic N) is 2. The molecule has 1 heterocycles. The van der Waals surface area contributed by atoms with E-state index in [2.05, 4.69) is 0 Å². The zero-order valence-electron chi connectivity index (χ0n) is 10.8. The van der Waals surface area contributed by atoms with Gasteiger partial charge in [-0.1, -0.05) is 36.4 Å². The van der Waals surface area contributed by atoms with Crippen LogP contribution in [0.2, 0.25) is 0 Å². The smallest absolute Gasteiger partial charge is 0.332 e. The highest BCUT2D eigenvalue weighted by Crippen LogP contribution is 2.27. The third-order valence-electron chi connectivity index (χ3n) is 3.57. The summed E-state index contributed by atoms with van der Waals surface area (Å²) in [7, 11) is 0. The molecule has 2 aromatic carbocycles. The van der Waals surface area contributed by atoms with Crippen molar-refractivity contribution in [2.75, 3.05) is 0 Å². The molecule has 0 fully saturated rings. The van der Waals surface area contributed by atoms with Crippen molar-refractivity contribution in [2.24, 2.45) is 0 Å². The van der Waals surface area contributed by atoms with Gasteiger partial charge in [0.1, 0.15) is 5.69 Å². The highest BCUT2D eigenvalue weighted by atomic mass is 16.5. The van der Waals surface area contributed by atoms with Crippen LogP contribution in [-0.2, 0) is 0 Å². The first-order chi connectivity index (χ1) is 9.11. The van der Waals surface area contributed by atoms with Gasteiger partial charge in [-0.2, -0.15) is 0 Å². The van der Waals surface area contributed by atoms with Gasteiger partial charge in [0.15, 0.2) is 5.69 Å². The first-order valence-electron chi connectivity index (χ1n) is 6.10. The van der Waals surface area contributed by atoms with Crippen molar-refractivity contribution in [3.8, 4) is 11.4 Å². The van der Waals surface area contributed by atoms with Crippen molar-refractivity contribution >= 4 is 10.8 Å². The number of hydrogen-bond donors (Lipinski definition) is 1. The molecule has 0 aliphatic heterocycles. The molecule has 0 spiro atoms. The molecule has 0 unspecified atom stereocenters. The summed E-state index contributed by atoms with van der Waals surface area (Å²) in [4.78, 5) is 0. The van der Waals surface area contributed by atoms with Crippen LogP contribution in [-0.4, -0.2) is 9.94 Å². The minimum atomic E-state index is 0.256. The molecular formula is C15H14N2O2. The fourth-order valence-corrected chi connectivity index (χ4v) is 2.35. The Bertz CT molecular complexity index is 744. The van der Waals surface area contributed by atoms with Crippen LogP contribution in [0.15, 0.2) is 42.5 Å². The summed E-state index contributed by atoms with van der Waals surface area (Å²) in [5.74, 6) is 0.256. The Labute approximate surface area is 110 Å². The summed E-state index contributed by atoms with van der Waals surface area (Å²) in [6.07, 6.45) is 0. The minimum Gasteiger partial charge on any atom is -0.710 e. The predicted octanol–water partition coefficient (Wildman–Crippen LogP) is 2.80. The van der Waals surface area contributed by atoms with Gasteiger partial charge in [-0.05, 0) is 21.6 Å². The highest BCUT2D eigenvalue weighted by molar-refractivity contribution is 5.94. The molecule has 3 rings (SSSR count). The first kappa shape index (κ1) is 11.6. The predicted molar refractivity (Wildman–Crippen MR) is 73.0 cm³/mol. The maximum atomic E-state index is 12.2. The summed E-state index contributed by atoms with van der Waals surface area (Å²) in [5, 5.41) is 24.3. The number of rotatable bonds is 1. The molecule has 0 atom stereocenters. The van der Waals surface area contributed by atoms with Crippen molar-refractivity contribution in [1.82, 2.24) is 4.73 Å². The third-order valence-corrected chi connectivity index (χ3v) is 3.57. The third kappa shape index (κ3) is 1.57. The summed E-state index contributed by atoms with van der Waals surface area (Å²) in [6.45, 7) is 3.42. The number of fused-ring (bicyclic) bond motifs is 1. The first-order valence-corrected chi connectivity index (χ1v) is 6.10. The van der Waals surface area contributed by atoms with E-state index in [4.69, 9.17) is 0 Å². The van der Waals surface area contributed by atoms with Crippen LogP contribution in [0.5, 0.6) is 0 Å². The zero-order chi connectivity index (χ0) is 13.6. The molecule has 3 aromatic rings. The Morgan fingerprint density at radius 1 is 1.05 bits per heavy atom. The molecule has 96 valence electrons. The fourth-order valence-electron chi connectivity index (χ4n) is 2.35. The lowest BCUT2D eigenvalue weighted by atomic mass is 10.0. The van der Waals surface area contributed by atoms with Gasteiger partial charge in [0.05, 0.1) is 5.56 Å². The van der Waals surface area contributed by atoms with E-state index < -0.39 is 0 Å². The topological polar surface area (TPSA) is 52.1 Å². The molecule has 0 radical (unpaired) electrons. The van der Waals surface area contributed by atoms with E-state index in [1.807, 2.05) is 42.5 Å². The summed E-state index contributed by atoms with van der Waals surface area (Å²) >= 11 is 0. The van der Waals surface area contributed by atoms with Gasteiger partial charge in [-0.3, -0.25) is 0 Å². The van der Waals surface area contributed by atoms with E-state index >= 15 is 0 Å². The molecule has 0 bridgehead atoms. The minimum absolute atomic E-state index is 0.256. The van der Waals surface area contributed by atoms with Gasteiger partial charge in [0, 0.05) is 13.8 Å². The maximum Gasteiger partial charge on any atom is 0.332 e. The van der Waals surface area contributed by atoms with Gasteiger partial charge in [-0.25, -0.2) is 4.73 Å². The van der Waals surface area contributed by atoms with E-state index in [1.54, 1.807) is 13.8 Å². The van der Waals surface area contributed by atoms with Crippen LogP contribution < -0.4 is 4.73 Å². The van der Waals surface area contributed by atoms with Crippen LogP contribution in [0.1, 0.15) is 11.4 Å². The van der Waals surface area contributed by atoms with Crippen molar-refractivity contribution < 1.29 is 9.94 Å². The number of aromatic nitrogens is 2. The Morgan fingerprint density at radius 2 is 1.74 bits per heavy atom. The highest BCUT2D eigenvalue weighted by Gasteiger charge is 2.24. The van der Waals surface area contributed by atoms with Gasteiger partial charge in [0.25, 0.3) is 0 Å². The van der Waals surface area contributed by atoms with Crippen molar-refractivity contribution in [3.63, 3.8) is 0 Å². The van der Waals surface area contributed by atoms with E-state index in [0.717, 1.165) is 25.8 Å². The summed E-state index contributed by atoms with van der Waals surface area (Å²) in [6, 6.07) is 13.5. The Morgan fingerprint density at radius 3 is 2.42 bits per heavy atom. The summed E-state index contributed by atoms with van der Waals surface area (Å²) < 4.78 is 1.74. The molecule has 4 nitrogen and oxygen atoms in total. The normalized spacial score (nSPS) is 11.1. The SMILES string of the molecule is Cc1c(C)[n+]([O-])c(-c2cccc3ccccc23)n1O. The second kappa shape index (κ2) is 4.02. The second-order valence-electron chi connectivity index (χ2n) is 4.63. The van der Waals surface area contributed by atoms with Crippen molar-refractivity contribution in [1.29, 1.82) is 0 Å². The zero-order valence-corrected chi connectivity index (χ0v) is 10.8. The van der Waals surface area contributed by atoms with Crippen LogP contribution in [0, 0.1) is 19.1 Å². The molecule has 0 saturated heterocycles. The van der Waals surface area contributed by atoms with Crippen LogP contribution in [0.3, 0.4) is 0 Å². The van der Waals surface area contributed by atoms with E-state index in [9.17, 15) is 10.4 Å². The lowest BCUT2D eigenvalue weighted by molar-refractivity contribution is -0.600. The molecule has 1 aromatic heterocycles. The van der Waals surface area contributed by atoms with Crippen LogP contribution in [0.4, 0.5) is 0 Å². The Kier molecular flexibility index (Phi) is 2.45. The van der Waals surface area contributed by atoms with Crippen molar-refractivity contribution in [2.45, 2.75) is 13.8 Å². The maximum absolute atomic E-state index is 12.2. The lowest BCUT2D eigenvalue weighted by Gasteiger charge is -2.07. The average Bonchev–Trinajstić information content (AvgIpc) is 2.63. The van der Waals surface area contributed by atoms with Gasteiger partial charge >= 0.3 is 5.82 Å². The molecule has 0 saturated carbocycles. The number of imidazole rings is 1. The number of hydrogen-bond acceptors (Lipinski definition) is 2. The Hall–Kier alpha value is -2.49. The van der Waals surface area contributed by atoms with E-state index in [1.165, 1.54) is 0 Å². The number of benzene rings is 2. The van der Waals surface area contributed by atoms with Crippen LogP contribution >= 0.6 is 0 Å². The standard InChI is InChI=1S/C15H14N2O2/c1-10-11(2)17(19)15(16(10)18)14-9-5-7-12-6-3-4-8-13(12)14/h3-9,18H,1-2H3. The molecule has 19 heavy (non-hydrogen) atoms. The molecule has 1 N–H and O–H groups in total. The lowest BCUT2D eigenvalue weighted by Crippen LogP contribution is -2.30. The molecule has 4 heteroatoms. The van der Waals surface area contributed by atoms with Crippen LogP contribution in [0.25, 0.3) is 22.2 Å². The molecule has 0 amide bonds. The van der Waals surface area contributed by atoms with E-state index in [0.29, 0.717) is 11.4 Å². The summed E-state index contributed by atoms with van der Waals surface area (Å²) in [5.41, 5.74) is 1.79. The molecule has 0 aliphatic rings. The van der Waals surface area contributed by atoms with Gasteiger partial charge < -0.3 is 10.4 Å².